The van der Waals surface area contributed by atoms with E-state index in [9.17, 15) is 9.90 Å². The number of nitrogens with zero attached hydrogens (tertiary/aromatic N) is 1. The van der Waals surface area contributed by atoms with Gasteiger partial charge in [0.25, 0.3) is 0 Å². The molecule has 4 nitrogen and oxygen atoms in total. The van der Waals surface area contributed by atoms with E-state index in [-0.39, 0.29) is 29.2 Å². The van der Waals surface area contributed by atoms with Crippen LogP contribution in [0.4, 0.5) is 0 Å². The van der Waals surface area contributed by atoms with Gasteiger partial charge in [0.05, 0.1) is 17.2 Å². The average Bonchev–Trinajstić information content (AvgIpc) is 2.45. The van der Waals surface area contributed by atoms with Crippen LogP contribution in [0.25, 0.3) is 0 Å². The molecule has 0 unspecified atom stereocenters. The first-order valence-electron chi connectivity index (χ1n) is 5.63. The van der Waals surface area contributed by atoms with Gasteiger partial charge in [-0.2, -0.15) is 5.26 Å². The number of hydrogen-bond acceptors (Lipinski definition) is 4. The van der Waals surface area contributed by atoms with Crippen LogP contribution in [-0.2, 0) is 6.61 Å². The Bertz CT molecular complexity index is 630. The second-order valence-corrected chi connectivity index (χ2v) is 3.91. The van der Waals surface area contributed by atoms with Crippen molar-refractivity contribution in [2.45, 2.75) is 6.61 Å². The van der Waals surface area contributed by atoms with Gasteiger partial charge in [0.15, 0.2) is 6.29 Å². The van der Waals surface area contributed by atoms with Crippen LogP contribution in [0.15, 0.2) is 42.5 Å². The fraction of sp³-hybridized carbons (Fsp3) is 0.0667. The number of hydrogen-bond donors (Lipinski definition) is 1. The Balaban J connectivity index is 2.26. The molecule has 0 bridgehead atoms. The van der Waals surface area contributed by atoms with Crippen molar-refractivity contribution in [3.63, 3.8) is 0 Å². The molecule has 0 saturated carbocycles. The number of benzene rings is 2. The van der Waals surface area contributed by atoms with E-state index < -0.39 is 0 Å². The topological polar surface area (TPSA) is 70.3 Å². The van der Waals surface area contributed by atoms with Gasteiger partial charge in [-0.15, -0.1) is 0 Å². The molecule has 19 heavy (non-hydrogen) atoms. The van der Waals surface area contributed by atoms with Crippen molar-refractivity contribution in [2.75, 3.05) is 0 Å². The Morgan fingerprint density at radius 3 is 2.63 bits per heavy atom. The molecule has 0 fully saturated rings. The first-order valence-corrected chi connectivity index (χ1v) is 5.63. The van der Waals surface area contributed by atoms with Gasteiger partial charge in [-0.1, -0.05) is 30.3 Å². The fourth-order valence-corrected chi connectivity index (χ4v) is 1.65. The molecule has 0 aliphatic carbocycles. The number of carbonyl (C=O) groups is 1. The van der Waals surface area contributed by atoms with E-state index in [1.165, 1.54) is 12.1 Å². The third-order valence-electron chi connectivity index (χ3n) is 2.60. The van der Waals surface area contributed by atoms with Crippen molar-refractivity contribution in [1.29, 1.82) is 5.26 Å². The van der Waals surface area contributed by atoms with Gasteiger partial charge < -0.3 is 9.84 Å². The molecular formula is C15H11NO3. The van der Waals surface area contributed by atoms with Crippen molar-refractivity contribution in [3.05, 3.63) is 59.2 Å². The lowest BCUT2D eigenvalue weighted by Gasteiger charge is -2.10. The Hall–Kier alpha value is -2.80. The maximum absolute atomic E-state index is 10.9. The van der Waals surface area contributed by atoms with E-state index in [1.807, 2.05) is 36.4 Å². The summed E-state index contributed by atoms with van der Waals surface area (Å²) in [6.45, 7) is 0.260. The number of ether oxygens (including phenoxy) is 1. The summed E-state index contributed by atoms with van der Waals surface area (Å²) >= 11 is 0. The Kier molecular flexibility index (Phi) is 3.79. The van der Waals surface area contributed by atoms with Gasteiger partial charge in [0.2, 0.25) is 0 Å². The Labute approximate surface area is 110 Å². The molecule has 0 atom stereocenters. The Morgan fingerprint density at radius 1 is 1.26 bits per heavy atom. The minimum atomic E-state index is -0.253. The van der Waals surface area contributed by atoms with Gasteiger partial charge in [-0.05, 0) is 17.7 Å². The lowest BCUT2D eigenvalue weighted by Crippen LogP contribution is -1.99. The number of rotatable bonds is 4. The number of aromatic hydroxyl groups is 1. The lowest BCUT2D eigenvalue weighted by atomic mass is 10.1. The first kappa shape index (κ1) is 12.7. The normalized spacial score (nSPS) is 9.63. The van der Waals surface area contributed by atoms with Gasteiger partial charge >= 0.3 is 0 Å². The highest BCUT2D eigenvalue weighted by Gasteiger charge is 2.11. The molecule has 0 spiro atoms. The third kappa shape index (κ3) is 2.90. The lowest BCUT2D eigenvalue weighted by molar-refractivity contribution is 0.111. The van der Waals surface area contributed by atoms with Gasteiger partial charge in [0.1, 0.15) is 18.1 Å². The molecule has 0 amide bonds. The molecule has 2 aromatic rings. The minimum absolute atomic E-state index is 0.0509. The van der Waals surface area contributed by atoms with E-state index in [2.05, 4.69) is 0 Å². The van der Waals surface area contributed by atoms with Gasteiger partial charge in [-0.25, -0.2) is 0 Å². The predicted octanol–water partition coefficient (Wildman–Crippen LogP) is 2.66. The zero-order chi connectivity index (χ0) is 13.7. The first-order chi connectivity index (χ1) is 9.24. The molecule has 0 heterocycles. The number of carbonyl (C=O) groups excluding carboxylic acids is 1. The summed E-state index contributed by atoms with van der Waals surface area (Å²) in [5.41, 5.74) is 1.22. The van der Waals surface area contributed by atoms with E-state index in [0.29, 0.717) is 6.29 Å². The molecule has 94 valence electrons. The van der Waals surface area contributed by atoms with Gasteiger partial charge in [-0.3, -0.25) is 4.79 Å². The van der Waals surface area contributed by atoms with Crippen LogP contribution >= 0.6 is 0 Å². The largest absolute Gasteiger partial charge is 0.507 e. The molecule has 1 N–H and O–H groups in total. The summed E-state index contributed by atoms with van der Waals surface area (Å²) in [7, 11) is 0. The number of aldehydes is 1. The van der Waals surface area contributed by atoms with Crippen molar-refractivity contribution >= 4 is 6.29 Å². The highest BCUT2D eigenvalue weighted by Crippen LogP contribution is 2.28. The molecule has 2 aromatic carbocycles. The standard InChI is InChI=1S/C15H11NO3/c16-8-12-6-14(18)13(9-17)15(7-12)19-10-11-4-2-1-3-5-11/h1-7,9,18H,10H2. The van der Waals surface area contributed by atoms with Crippen molar-refractivity contribution < 1.29 is 14.6 Å². The monoisotopic (exact) mass is 253 g/mol. The maximum Gasteiger partial charge on any atom is 0.157 e. The van der Waals surface area contributed by atoms with Crippen molar-refractivity contribution in [2.24, 2.45) is 0 Å². The van der Waals surface area contributed by atoms with Crippen LogP contribution in [0.1, 0.15) is 21.5 Å². The van der Waals surface area contributed by atoms with Crippen molar-refractivity contribution in [3.8, 4) is 17.6 Å². The Morgan fingerprint density at radius 2 is 2.00 bits per heavy atom. The summed E-state index contributed by atoms with van der Waals surface area (Å²) in [6.07, 6.45) is 0.511. The molecular weight excluding hydrogens is 242 g/mol. The summed E-state index contributed by atoms with van der Waals surface area (Å²) in [4.78, 5) is 10.9. The quantitative estimate of drug-likeness (QED) is 0.850. The van der Waals surface area contributed by atoms with Crippen LogP contribution in [-0.4, -0.2) is 11.4 Å². The smallest absolute Gasteiger partial charge is 0.157 e. The van der Waals surface area contributed by atoms with Crippen LogP contribution in [0, 0.1) is 11.3 Å². The second kappa shape index (κ2) is 5.69. The fourth-order valence-electron chi connectivity index (χ4n) is 1.65. The molecule has 0 radical (unpaired) electrons. The number of nitriles is 1. The molecule has 0 aromatic heterocycles. The van der Waals surface area contributed by atoms with Crippen LogP contribution in [0.5, 0.6) is 11.5 Å². The molecule has 2 rings (SSSR count). The summed E-state index contributed by atoms with van der Waals surface area (Å²) in [5.74, 6) is -0.0486. The van der Waals surface area contributed by atoms with E-state index in [0.717, 1.165) is 5.56 Å². The van der Waals surface area contributed by atoms with Crippen LogP contribution in [0.3, 0.4) is 0 Å². The highest BCUT2D eigenvalue weighted by molar-refractivity contribution is 5.84. The minimum Gasteiger partial charge on any atom is -0.507 e. The molecule has 0 saturated heterocycles. The van der Waals surface area contributed by atoms with E-state index in [4.69, 9.17) is 10.00 Å². The summed E-state index contributed by atoms with van der Waals surface area (Å²) in [6, 6.07) is 14.0. The summed E-state index contributed by atoms with van der Waals surface area (Å²) < 4.78 is 5.50. The predicted molar refractivity (Wildman–Crippen MR) is 69.0 cm³/mol. The molecule has 0 aliphatic rings. The van der Waals surface area contributed by atoms with Crippen LogP contribution < -0.4 is 4.74 Å². The highest BCUT2D eigenvalue weighted by atomic mass is 16.5. The zero-order valence-electron chi connectivity index (χ0n) is 10.0. The van der Waals surface area contributed by atoms with E-state index in [1.54, 1.807) is 0 Å². The van der Waals surface area contributed by atoms with E-state index >= 15 is 0 Å². The maximum atomic E-state index is 10.9. The summed E-state index contributed by atoms with van der Waals surface area (Å²) in [5, 5.41) is 18.5. The number of phenols is 1. The molecule has 0 aliphatic heterocycles. The number of phenolic OH excluding ortho intramolecular Hbond substituents is 1. The SMILES string of the molecule is N#Cc1cc(O)c(C=O)c(OCc2ccccc2)c1. The second-order valence-electron chi connectivity index (χ2n) is 3.91. The zero-order valence-corrected chi connectivity index (χ0v) is 10.0. The van der Waals surface area contributed by atoms with Crippen LogP contribution in [0.2, 0.25) is 0 Å². The average molecular weight is 253 g/mol. The van der Waals surface area contributed by atoms with Gasteiger partial charge in [0, 0.05) is 0 Å². The van der Waals surface area contributed by atoms with Crippen molar-refractivity contribution in [1.82, 2.24) is 0 Å². The molecule has 4 heteroatoms. The third-order valence-corrected chi connectivity index (χ3v) is 2.60.